The first-order chi connectivity index (χ1) is 8.63. The molecule has 0 aliphatic rings. The molecule has 0 amide bonds. The van der Waals surface area contributed by atoms with Crippen LogP contribution in [0.2, 0.25) is 0 Å². The molecule has 0 unspecified atom stereocenters. The van der Waals surface area contributed by atoms with Gasteiger partial charge < -0.3 is 19.0 Å². The summed E-state index contributed by atoms with van der Waals surface area (Å²) in [6.07, 6.45) is 0.391. The molecule has 1 heterocycles. The second-order valence-corrected chi connectivity index (χ2v) is 3.44. The molecule has 1 N–H and O–H groups in total. The molecule has 0 aliphatic heterocycles. The molecule has 6 nitrogen and oxygen atoms in total. The first-order valence-corrected chi connectivity index (χ1v) is 5.00. The molecule has 0 atom stereocenters. The monoisotopic (exact) mass is 250 g/mol. The molecular formula is C12H10O6. The lowest BCUT2D eigenvalue weighted by Crippen LogP contribution is -2.01. The van der Waals surface area contributed by atoms with Gasteiger partial charge in [0.2, 0.25) is 5.75 Å². The minimum atomic E-state index is -0.628. The van der Waals surface area contributed by atoms with Gasteiger partial charge in [0.1, 0.15) is 5.56 Å². The van der Waals surface area contributed by atoms with E-state index in [0.717, 1.165) is 0 Å². The number of methoxy groups -OCH3 is 2. The number of fused-ring (bicyclic) bond motifs is 1. The van der Waals surface area contributed by atoms with E-state index in [2.05, 4.69) is 0 Å². The second kappa shape index (κ2) is 4.40. The van der Waals surface area contributed by atoms with E-state index >= 15 is 0 Å². The van der Waals surface area contributed by atoms with Crippen molar-refractivity contribution in [2.24, 2.45) is 0 Å². The highest BCUT2D eigenvalue weighted by Crippen LogP contribution is 2.44. The van der Waals surface area contributed by atoms with Crippen molar-refractivity contribution in [3.05, 3.63) is 28.1 Å². The molecule has 94 valence electrons. The molecule has 2 rings (SSSR count). The van der Waals surface area contributed by atoms with E-state index in [4.69, 9.17) is 13.9 Å². The lowest BCUT2D eigenvalue weighted by atomic mass is 10.1. The average molecular weight is 250 g/mol. The number of carbonyl (C=O) groups is 1. The SMILES string of the molecule is COc1c(O)c(C=O)c2oc(=O)ccc2c1OC. The van der Waals surface area contributed by atoms with Crippen molar-refractivity contribution in [1.29, 1.82) is 0 Å². The Bertz CT molecular complexity index is 670. The molecule has 0 bridgehead atoms. The molecular weight excluding hydrogens is 240 g/mol. The summed E-state index contributed by atoms with van der Waals surface area (Å²) in [6, 6.07) is 2.63. The summed E-state index contributed by atoms with van der Waals surface area (Å²) in [6.45, 7) is 0. The lowest BCUT2D eigenvalue weighted by Gasteiger charge is -2.13. The maximum Gasteiger partial charge on any atom is 0.336 e. The fourth-order valence-electron chi connectivity index (χ4n) is 1.76. The third kappa shape index (κ3) is 1.58. The summed E-state index contributed by atoms with van der Waals surface area (Å²) >= 11 is 0. The fourth-order valence-corrected chi connectivity index (χ4v) is 1.76. The van der Waals surface area contributed by atoms with Gasteiger partial charge in [0.25, 0.3) is 0 Å². The first kappa shape index (κ1) is 12.0. The second-order valence-electron chi connectivity index (χ2n) is 3.44. The molecule has 0 saturated heterocycles. The van der Waals surface area contributed by atoms with Crippen LogP contribution in [0.5, 0.6) is 17.2 Å². The molecule has 6 heteroatoms. The van der Waals surface area contributed by atoms with E-state index in [1.165, 1.54) is 26.4 Å². The maximum absolute atomic E-state index is 11.2. The van der Waals surface area contributed by atoms with Crippen LogP contribution < -0.4 is 15.1 Å². The first-order valence-electron chi connectivity index (χ1n) is 5.00. The zero-order chi connectivity index (χ0) is 13.3. The molecule has 1 aromatic heterocycles. The normalized spacial score (nSPS) is 10.3. The minimum Gasteiger partial charge on any atom is -0.504 e. The predicted molar refractivity (Wildman–Crippen MR) is 62.6 cm³/mol. The van der Waals surface area contributed by atoms with Crippen molar-refractivity contribution >= 4 is 17.3 Å². The Labute approximate surface area is 101 Å². The van der Waals surface area contributed by atoms with Crippen molar-refractivity contribution < 1.29 is 23.8 Å². The van der Waals surface area contributed by atoms with E-state index in [1.54, 1.807) is 0 Å². The van der Waals surface area contributed by atoms with E-state index in [9.17, 15) is 14.7 Å². The number of rotatable bonds is 3. The molecule has 1 aromatic carbocycles. The number of phenols is 1. The van der Waals surface area contributed by atoms with Gasteiger partial charge in [0, 0.05) is 6.07 Å². The summed E-state index contributed by atoms with van der Waals surface area (Å²) in [5, 5.41) is 10.3. The number of benzene rings is 1. The number of carbonyl (C=O) groups excluding carboxylic acids is 1. The quantitative estimate of drug-likeness (QED) is 0.653. The number of hydrogen-bond acceptors (Lipinski definition) is 6. The largest absolute Gasteiger partial charge is 0.504 e. The van der Waals surface area contributed by atoms with Gasteiger partial charge in [-0.2, -0.15) is 0 Å². The van der Waals surface area contributed by atoms with Gasteiger partial charge >= 0.3 is 5.63 Å². The van der Waals surface area contributed by atoms with Crippen molar-refractivity contribution in [3.8, 4) is 17.2 Å². The van der Waals surface area contributed by atoms with Crippen molar-refractivity contribution in [2.75, 3.05) is 14.2 Å². The lowest BCUT2D eigenvalue weighted by molar-refractivity contribution is 0.112. The van der Waals surface area contributed by atoms with E-state index in [1.807, 2.05) is 0 Å². The third-order valence-corrected chi connectivity index (χ3v) is 2.53. The topological polar surface area (TPSA) is 86.0 Å². The average Bonchev–Trinajstić information content (AvgIpc) is 2.37. The van der Waals surface area contributed by atoms with Crippen LogP contribution in [0, 0.1) is 0 Å². The number of ether oxygens (including phenoxy) is 2. The van der Waals surface area contributed by atoms with E-state index in [0.29, 0.717) is 11.7 Å². The number of phenolic OH excluding ortho intramolecular Hbond substituents is 1. The molecule has 0 fully saturated rings. The van der Waals surface area contributed by atoms with Gasteiger partial charge in [0.15, 0.2) is 23.4 Å². The molecule has 0 radical (unpaired) electrons. The zero-order valence-corrected chi connectivity index (χ0v) is 9.72. The molecule has 0 aliphatic carbocycles. The summed E-state index contributed by atoms with van der Waals surface area (Å²) in [5.41, 5.74) is -0.815. The standard InChI is InChI=1S/C12H10O6/c1-16-11-6-3-4-8(14)18-10(6)7(5-13)9(15)12(11)17-2/h3-5,15H,1-2H3. The summed E-state index contributed by atoms with van der Waals surface area (Å²) in [7, 11) is 2.71. The third-order valence-electron chi connectivity index (χ3n) is 2.53. The van der Waals surface area contributed by atoms with Gasteiger partial charge in [-0.3, -0.25) is 4.79 Å². The Morgan fingerprint density at radius 3 is 2.44 bits per heavy atom. The zero-order valence-electron chi connectivity index (χ0n) is 9.72. The van der Waals surface area contributed by atoms with Crippen molar-refractivity contribution in [2.45, 2.75) is 0 Å². The molecule has 0 saturated carbocycles. The maximum atomic E-state index is 11.2. The smallest absolute Gasteiger partial charge is 0.336 e. The summed E-state index contributed by atoms with van der Waals surface area (Å²) < 4.78 is 15.0. The van der Waals surface area contributed by atoms with Crippen LogP contribution in [-0.4, -0.2) is 25.6 Å². The molecule has 0 spiro atoms. The highest BCUT2D eigenvalue weighted by molar-refractivity contribution is 6.02. The van der Waals surface area contributed by atoms with E-state index in [-0.39, 0.29) is 22.6 Å². The van der Waals surface area contributed by atoms with Gasteiger partial charge in [-0.05, 0) is 6.07 Å². The van der Waals surface area contributed by atoms with Crippen LogP contribution >= 0.6 is 0 Å². The van der Waals surface area contributed by atoms with Crippen molar-refractivity contribution in [1.82, 2.24) is 0 Å². The van der Waals surface area contributed by atoms with Crippen LogP contribution in [0.25, 0.3) is 11.0 Å². The molecule has 2 aromatic rings. The number of aldehydes is 1. The Balaban J connectivity index is 3.05. The Kier molecular flexibility index (Phi) is 2.93. The van der Waals surface area contributed by atoms with Crippen LogP contribution in [0.15, 0.2) is 21.3 Å². The number of hydrogen-bond donors (Lipinski definition) is 1. The van der Waals surface area contributed by atoms with Crippen LogP contribution in [0.3, 0.4) is 0 Å². The van der Waals surface area contributed by atoms with Crippen LogP contribution in [0.1, 0.15) is 10.4 Å². The number of aromatic hydroxyl groups is 1. The van der Waals surface area contributed by atoms with Crippen molar-refractivity contribution in [3.63, 3.8) is 0 Å². The van der Waals surface area contributed by atoms with Gasteiger partial charge in [-0.15, -0.1) is 0 Å². The minimum absolute atomic E-state index is 0.0148. The Morgan fingerprint density at radius 1 is 1.22 bits per heavy atom. The summed E-state index contributed by atoms with van der Waals surface area (Å²) in [4.78, 5) is 22.2. The van der Waals surface area contributed by atoms with Gasteiger partial charge in [0.05, 0.1) is 19.6 Å². The van der Waals surface area contributed by atoms with Crippen LogP contribution in [-0.2, 0) is 0 Å². The summed E-state index contributed by atoms with van der Waals surface area (Å²) in [5.74, 6) is -0.216. The van der Waals surface area contributed by atoms with E-state index < -0.39 is 11.4 Å². The highest BCUT2D eigenvalue weighted by atomic mass is 16.5. The fraction of sp³-hybridized carbons (Fsp3) is 0.167. The Hall–Kier alpha value is -2.50. The van der Waals surface area contributed by atoms with Gasteiger partial charge in [-0.25, -0.2) is 4.79 Å². The van der Waals surface area contributed by atoms with Gasteiger partial charge in [-0.1, -0.05) is 0 Å². The predicted octanol–water partition coefficient (Wildman–Crippen LogP) is 1.33. The van der Waals surface area contributed by atoms with Crippen LogP contribution in [0.4, 0.5) is 0 Å². The Morgan fingerprint density at radius 2 is 1.89 bits per heavy atom. The highest BCUT2D eigenvalue weighted by Gasteiger charge is 2.22. The molecule has 18 heavy (non-hydrogen) atoms.